The number of carbonyl (C=O) groups excluding carboxylic acids is 3. The topological polar surface area (TPSA) is 93.7 Å². The highest BCUT2D eigenvalue weighted by atomic mass is 16.5. The lowest BCUT2D eigenvalue weighted by Crippen LogP contribution is -2.43. The highest BCUT2D eigenvalue weighted by Gasteiger charge is 2.11. The summed E-state index contributed by atoms with van der Waals surface area (Å²) in [6, 6.07) is 23.8. The van der Waals surface area contributed by atoms with Gasteiger partial charge in [0.2, 0.25) is 0 Å². The Bertz CT molecular complexity index is 1030. The molecule has 158 valence electrons. The number of esters is 1. The van der Waals surface area contributed by atoms with Crippen molar-refractivity contribution in [1.82, 2.24) is 10.9 Å². The van der Waals surface area contributed by atoms with Gasteiger partial charge in [-0.1, -0.05) is 54.6 Å². The Morgan fingerprint density at radius 3 is 2.06 bits per heavy atom. The van der Waals surface area contributed by atoms with Gasteiger partial charge in [0.25, 0.3) is 11.8 Å². The predicted octanol–water partition coefficient (Wildman–Crippen LogP) is 2.91. The van der Waals surface area contributed by atoms with Gasteiger partial charge in [0.05, 0.1) is 13.5 Å². The first-order valence-corrected chi connectivity index (χ1v) is 9.58. The van der Waals surface area contributed by atoms with Crippen LogP contribution in [0.25, 0.3) is 11.1 Å². The number of hydrazine groups is 1. The van der Waals surface area contributed by atoms with Crippen LogP contribution in [-0.2, 0) is 20.7 Å². The average Bonchev–Trinajstić information content (AvgIpc) is 2.82. The fourth-order valence-corrected chi connectivity index (χ4v) is 2.79. The third-order valence-corrected chi connectivity index (χ3v) is 4.44. The van der Waals surface area contributed by atoms with Gasteiger partial charge in [-0.2, -0.15) is 0 Å². The van der Waals surface area contributed by atoms with E-state index in [0.717, 1.165) is 16.7 Å². The molecule has 7 heteroatoms. The van der Waals surface area contributed by atoms with Gasteiger partial charge in [-0.25, -0.2) is 0 Å². The Labute approximate surface area is 180 Å². The molecule has 0 aliphatic rings. The molecule has 2 amide bonds. The highest BCUT2D eigenvalue weighted by Crippen LogP contribution is 2.19. The molecule has 0 radical (unpaired) electrons. The van der Waals surface area contributed by atoms with Crippen molar-refractivity contribution in [2.75, 3.05) is 13.7 Å². The van der Waals surface area contributed by atoms with Gasteiger partial charge in [-0.3, -0.25) is 25.2 Å². The summed E-state index contributed by atoms with van der Waals surface area (Å²) in [4.78, 5) is 35.8. The minimum Gasteiger partial charge on any atom is -0.497 e. The molecule has 0 aromatic heterocycles. The van der Waals surface area contributed by atoms with Gasteiger partial charge in [0.15, 0.2) is 6.61 Å². The van der Waals surface area contributed by atoms with Gasteiger partial charge in [-0.05, 0) is 41.0 Å². The second-order valence-electron chi connectivity index (χ2n) is 6.63. The summed E-state index contributed by atoms with van der Waals surface area (Å²) in [6.45, 7) is -0.496. The van der Waals surface area contributed by atoms with E-state index in [1.54, 1.807) is 24.3 Å². The number of nitrogens with one attached hydrogen (secondary N) is 2. The summed E-state index contributed by atoms with van der Waals surface area (Å²) in [7, 11) is 1.52. The normalized spacial score (nSPS) is 10.1. The fraction of sp³-hybridized carbons (Fsp3) is 0.125. The molecule has 3 rings (SSSR count). The third kappa shape index (κ3) is 6.43. The number of rotatable bonds is 7. The zero-order chi connectivity index (χ0) is 22.1. The number of hydrogen-bond donors (Lipinski definition) is 2. The van der Waals surface area contributed by atoms with Crippen molar-refractivity contribution in [2.24, 2.45) is 0 Å². The summed E-state index contributed by atoms with van der Waals surface area (Å²) in [5.74, 6) is -1.07. The van der Waals surface area contributed by atoms with E-state index in [2.05, 4.69) is 10.9 Å². The Morgan fingerprint density at radius 1 is 0.774 bits per heavy atom. The van der Waals surface area contributed by atoms with E-state index < -0.39 is 24.4 Å². The van der Waals surface area contributed by atoms with Crippen molar-refractivity contribution in [3.63, 3.8) is 0 Å². The molecular weight excluding hydrogens is 396 g/mol. The van der Waals surface area contributed by atoms with Crippen molar-refractivity contribution in [3.05, 3.63) is 90.0 Å². The molecule has 0 aliphatic carbocycles. The molecule has 0 spiro atoms. The SMILES string of the molecule is COc1ccc(C(=O)NNC(=O)COC(=O)Cc2ccc(-c3ccccc3)cc2)cc1. The number of benzene rings is 3. The molecular formula is C24H22N2O5. The lowest BCUT2D eigenvalue weighted by molar-refractivity contribution is -0.148. The van der Waals surface area contributed by atoms with Gasteiger partial charge in [0, 0.05) is 5.56 Å². The predicted molar refractivity (Wildman–Crippen MR) is 115 cm³/mol. The highest BCUT2D eigenvalue weighted by molar-refractivity contribution is 5.95. The summed E-state index contributed by atoms with van der Waals surface area (Å²) < 4.78 is 9.99. The van der Waals surface area contributed by atoms with E-state index in [0.29, 0.717) is 11.3 Å². The van der Waals surface area contributed by atoms with Gasteiger partial charge in [-0.15, -0.1) is 0 Å². The molecule has 31 heavy (non-hydrogen) atoms. The number of hydrogen-bond acceptors (Lipinski definition) is 5. The van der Waals surface area contributed by atoms with E-state index >= 15 is 0 Å². The minimum absolute atomic E-state index is 0.0422. The first kappa shape index (κ1) is 21.6. The molecule has 0 atom stereocenters. The molecule has 0 heterocycles. The molecule has 0 aliphatic heterocycles. The number of ether oxygens (including phenoxy) is 2. The first-order valence-electron chi connectivity index (χ1n) is 9.58. The van der Waals surface area contributed by atoms with E-state index in [9.17, 15) is 14.4 Å². The minimum atomic E-state index is -0.644. The number of carbonyl (C=O) groups is 3. The Kier molecular flexibility index (Phi) is 7.37. The zero-order valence-electron chi connectivity index (χ0n) is 17.0. The Hall–Kier alpha value is -4.13. The Morgan fingerprint density at radius 2 is 1.42 bits per heavy atom. The van der Waals surface area contributed by atoms with Crippen LogP contribution in [0.15, 0.2) is 78.9 Å². The first-order chi connectivity index (χ1) is 15.0. The molecule has 0 saturated carbocycles. The average molecular weight is 418 g/mol. The molecule has 2 N–H and O–H groups in total. The van der Waals surface area contributed by atoms with Crippen molar-refractivity contribution in [2.45, 2.75) is 6.42 Å². The number of methoxy groups -OCH3 is 1. The smallest absolute Gasteiger partial charge is 0.310 e. The van der Waals surface area contributed by atoms with Crippen LogP contribution in [0.2, 0.25) is 0 Å². The van der Waals surface area contributed by atoms with Crippen LogP contribution >= 0.6 is 0 Å². The summed E-state index contributed by atoms with van der Waals surface area (Å²) >= 11 is 0. The van der Waals surface area contributed by atoms with Crippen molar-refractivity contribution in [3.8, 4) is 16.9 Å². The lowest BCUT2D eigenvalue weighted by Gasteiger charge is -2.09. The van der Waals surface area contributed by atoms with Crippen molar-refractivity contribution in [1.29, 1.82) is 0 Å². The number of amides is 2. The standard InChI is InChI=1S/C24H22N2O5/c1-30-21-13-11-20(12-14-21)24(29)26-25-22(27)16-31-23(28)15-17-7-9-19(10-8-17)18-5-3-2-4-6-18/h2-14H,15-16H2,1H3,(H,25,27)(H,26,29). The van der Waals surface area contributed by atoms with E-state index in [-0.39, 0.29) is 6.42 Å². The molecule has 3 aromatic rings. The maximum Gasteiger partial charge on any atom is 0.310 e. The maximum absolute atomic E-state index is 12.0. The monoisotopic (exact) mass is 418 g/mol. The van der Waals surface area contributed by atoms with Crippen molar-refractivity contribution >= 4 is 17.8 Å². The molecule has 0 bridgehead atoms. The van der Waals surface area contributed by atoms with Crippen LogP contribution in [0.3, 0.4) is 0 Å². The van der Waals surface area contributed by atoms with Gasteiger partial charge in [0.1, 0.15) is 5.75 Å². The third-order valence-electron chi connectivity index (χ3n) is 4.44. The quantitative estimate of drug-likeness (QED) is 0.455. The zero-order valence-corrected chi connectivity index (χ0v) is 17.0. The van der Waals surface area contributed by atoms with Crippen LogP contribution in [0, 0.1) is 0 Å². The summed E-state index contributed by atoms with van der Waals surface area (Å²) in [6.07, 6.45) is 0.0422. The van der Waals surface area contributed by atoms with E-state index in [1.807, 2.05) is 54.6 Å². The fourth-order valence-electron chi connectivity index (χ4n) is 2.79. The van der Waals surface area contributed by atoms with Gasteiger partial charge >= 0.3 is 5.97 Å². The largest absolute Gasteiger partial charge is 0.497 e. The van der Waals surface area contributed by atoms with E-state index in [1.165, 1.54) is 7.11 Å². The van der Waals surface area contributed by atoms with Crippen molar-refractivity contribution < 1.29 is 23.9 Å². The molecule has 3 aromatic carbocycles. The second-order valence-corrected chi connectivity index (χ2v) is 6.63. The lowest BCUT2D eigenvalue weighted by atomic mass is 10.0. The van der Waals surface area contributed by atoms with Crippen LogP contribution in [-0.4, -0.2) is 31.5 Å². The molecule has 7 nitrogen and oxygen atoms in total. The summed E-state index contributed by atoms with van der Waals surface area (Å²) in [5, 5.41) is 0. The summed E-state index contributed by atoms with van der Waals surface area (Å²) in [5.41, 5.74) is 7.72. The van der Waals surface area contributed by atoms with Crippen LogP contribution < -0.4 is 15.6 Å². The Balaban J connectivity index is 1.40. The van der Waals surface area contributed by atoms with E-state index in [4.69, 9.17) is 9.47 Å². The maximum atomic E-state index is 12.0. The molecule has 0 saturated heterocycles. The van der Waals surface area contributed by atoms with Gasteiger partial charge < -0.3 is 9.47 Å². The molecule has 0 fully saturated rings. The second kappa shape index (κ2) is 10.6. The van der Waals surface area contributed by atoms with Crippen LogP contribution in [0.4, 0.5) is 0 Å². The van der Waals surface area contributed by atoms with Crippen LogP contribution in [0.1, 0.15) is 15.9 Å². The molecule has 0 unspecified atom stereocenters. The van der Waals surface area contributed by atoms with Crippen LogP contribution in [0.5, 0.6) is 5.75 Å².